The van der Waals surface area contributed by atoms with Gasteiger partial charge in [0.25, 0.3) is 0 Å². The molecule has 0 bridgehead atoms. The highest BCUT2D eigenvalue weighted by Gasteiger charge is 2.02. The molecule has 1 rings (SSSR count). The Morgan fingerprint density at radius 2 is 2.50 bits per heavy atom. The molecule has 0 aliphatic heterocycles. The molecule has 0 aromatic carbocycles. The molecule has 0 fully saturated rings. The third kappa shape index (κ3) is 2.86. The second kappa shape index (κ2) is 4.97. The van der Waals surface area contributed by atoms with E-state index < -0.39 is 0 Å². The third-order valence-electron chi connectivity index (χ3n) is 1.58. The molecular formula is C8H12BrNOS. The molecule has 0 spiro atoms. The Balaban J connectivity index is 2.38. The fraction of sp³-hybridized carbons (Fsp3) is 0.500. The predicted octanol–water partition coefficient (Wildman–Crippen LogP) is 1.98. The van der Waals surface area contributed by atoms with E-state index in [-0.39, 0.29) is 12.6 Å². The second-order valence-corrected chi connectivity index (χ2v) is 4.51. The van der Waals surface area contributed by atoms with Crippen LogP contribution >= 0.6 is 27.3 Å². The molecule has 1 unspecified atom stereocenters. The number of hydrogen-bond donors (Lipinski definition) is 2. The van der Waals surface area contributed by atoms with Crippen LogP contribution in [0.15, 0.2) is 15.9 Å². The van der Waals surface area contributed by atoms with Crippen molar-refractivity contribution in [2.75, 3.05) is 6.61 Å². The molecule has 0 saturated heterocycles. The van der Waals surface area contributed by atoms with Crippen LogP contribution in [-0.4, -0.2) is 17.8 Å². The quantitative estimate of drug-likeness (QED) is 0.856. The van der Waals surface area contributed by atoms with Gasteiger partial charge in [-0.05, 0) is 34.3 Å². The van der Waals surface area contributed by atoms with Crippen molar-refractivity contribution in [2.24, 2.45) is 0 Å². The fourth-order valence-corrected chi connectivity index (χ4v) is 2.23. The van der Waals surface area contributed by atoms with E-state index in [9.17, 15) is 0 Å². The Morgan fingerprint density at radius 1 is 1.75 bits per heavy atom. The maximum atomic E-state index is 8.76. The van der Waals surface area contributed by atoms with Crippen molar-refractivity contribution >= 4 is 27.3 Å². The number of thiophene rings is 1. The van der Waals surface area contributed by atoms with Crippen molar-refractivity contribution in [1.82, 2.24) is 5.32 Å². The Hall–Kier alpha value is 0.100. The van der Waals surface area contributed by atoms with Gasteiger partial charge in [-0.3, -0.25) is 0 Å². The van der Waals surface area contributed by atoms with Gasteiger partial charge in [0.1, 0.15) is 0 Å². The first-order valence-electron chi connectivity index (χ1n) is 3.80. The van der Waals surface area contributed by atoms with Gasteiger partial charge in [0.2, 0.25) is 0 Å². The lowest BCUT2D eigenvalue weighted by atomic mass is 10.3. The first kappa shape index (κ1) is 10.2. The molecular weight excluding hydrogens is 238 g/mol. The van der Waals surface area contributed by atoms with E-state index in [0.29, 0.717) is 0 Å². The van der Waals surface area contributed by atoms with Gasteiger partial charge in [-0.15, -0.1) is 11.3 Å². The standard InChI is InChI=1S/C8H12BrNOS/c1-6(5-11)10-4-8-7(9)2-3-12-8/h2-3,6,10-11H,4-5H2,1H3. The van der Waals surface area contributed by atoms with Crippen molar-refractivity contribution in [3.63, 3.8) is 0 Å². The summed E-state index contributed by atoms with van der Waals surface area (Å²) in [5.74, 6) is 0. The molecule has 0 radical (unpaired) electrons. The van der Waals surface area contributed by atoms with E-state index in [0.717, 1.165) is 11.0 Å². The molecule has 2 nitrogen and oxygen atoms in total. The number of nitrogens with one attached hydrogen (secondary N) is 1. The lowest BCUT2D eigenvalue weighted by Crippen LogP contribution is -2.28. The normalized spacial score (nSPS) is 13.2. The van der Waals surface area contributed by atoms with Gasteiger partial charge >= 0.3 is 0 Å². The summed E-state index contributed by atoms with van der Waals surface area (Å²) in [6.45, 7) is 2.96. The van der Waals surface area contributed by atoms with Gasteiger partial charge in [0.05, 0.1) is 6.61 Å². The summed E-state index contributed by atoms with van der Waals surface area (Å²) in [5, 5.41) is 14.0. The smallest absolute Gasteiger partial charge is 0.0582 e. The number of halogens is 1. The lowest BCUT2D eigenvalue weighted by Gasteiger charge is -2.09. The maximum Gasteiger partial charge on any atom is 0.0582 e. The van der Waals surface area contributed by atoms with Crippen molar-refractivity contribution in [1.29, 1.82) is 0 Å². The van der Waals surface area contributed by atoms with E-state index >= 15 is 0 Å². The van der Waals surface area contributed by atoms with E-state index in [1.165, 1.54) is 4.88 Å². The van der Waals surface area contributed by atoms with Crippen LogP contribution in [0.2, 0.25) is 0 Å². The minimum absolute atomic E-state index is 0.166. The number of aliphatic hydroxyl groups excluding tert-OH is 1. The van der Waals surface area contributed by atoms with Gasteiger partial charge in [-0.25, -0.2) is 0 Å². The molecule has 0 saturated carbocycles. The van der Waals surface area contributed by atoms with Crippen LogP contribution in [-0.2, 0) is 6.54 Å². The first-order chi connectivity index (χ1) is 5.74. The zero-order valence-corrected chi connectivity index (χ0v) is 9.28. The third-order valence-corrected chi connectivity index (χ3v) is 3.50. The van der Waals surface area contributed by atoms with Crippen LogP contribution in [0.3, 0.4) is 0 Å². The molecule has 0 aliphatic rings. The SMILES string of the molecule is CC(CO)NCc1sccc1Br. The number of rotatable bonds is 4. The lowest BCUT2D eigenvalue weighted by molar-refractivity contribution is 0.251. The molecule has 4 heteroatoms. The summed E-state index contributed by atoms with van der Waals surface area (Å²) in [7, 11) is 0. The second-order valence-electron chi connectivity index (χ2n) is 2.66. The summed E-state index contributed by atoms with van der Waals surface area (Å²) < 4.78 is 1.14. The molecule has 0 aliphatic carbocycles. The topological polar surface area (TPSA) is 32.3 Å². The average Bonchev–Trinajstić information content (AvgIpc) is 2.47. The van der Waals surface area contributed by atoms with E-state index in [2.05, 4.69) is 21.2 Å². The molecule has 12 heavy (non-hydrogen) atoms. The highest BCUT2D eigenvalue weighted by Crippen LogP contribution is 2.22. The first-order valence-corrected chi connectivity index (χ1v) is 5.47. The van der Waals surface area contributed by atoms with Crippen molar-refractivity contribution < 1.29 is 5.11 Å². The van der Waals surface area contributed by atoms with Crippen LogP contribution in [0, 0.1) is 0 Å². The largest absolute Gasteiger partial charge is 0.395 e. The fourth-order valence-electron chi connectivity index (χ4n) is 0.783. The average molecular weight is 250 g/mol. The molecule has 1 atom stereocenters. The summed E-state index contributed by atoms with van der Waals surface area (Å²) >= 11 is 5.16. The molecule has 1 heterocycles. The maximum absolute atomic E-state index is 8.76. The Labute approximate surface area is 84.7 Å². The predicted molar refractivity (Wildman–Crippen MR) is 55.4 cm³/mol. The summed E-state index contributed by atoms with van der Waals surface area (Å²) in [4.78, 5) is 1.27. The van der Waals surface area contributed by atoms with E-state index in [1.54, 1.807) is 11.3 Å². The zero-order valence-electron chi connectivity index (χ0n) is 6.88. The van der Waals surface area contributed by atoms with Crippen molar-refractivity contribution in [3.8, 4) is 0 Å². The van der Waals surface area contributed by atoms with Crippen LogP contribution in [0.4, 0.5) is 0 Å². The Kier molecular flexibility index (Phi) is 4.21. The highest BCUT2D eigenvalue weighted by molar-refractivity contribution is 9.10. The van der Waals surface area contributed by atoms with Gasteiger partial charge in [0, 0.05) is 21.9 Å². The van der Waals surface area contributed by atoms with Crippen molar-refractivity contribution in [3.05, 3.63) is 20.8 Å². The van der Waals surface area contributed by atoms with Crippen LogP contribution in [0.5, 0.6) is 0 Å². The molecule has 1 aromatic heterocycles. The summed E-state index contributed by atoms with van der Waals surface area (Å²) in [6, 6.07) is 2.20. The molecule has 2 N–H and O–H groups in total. The van der Waals surface area contributed by atoms with Crippen LogP contribution in [0.25, 0.3) is 0 Å². The minimum atomic E-state index is 0.166. The van der Waals surface area contributed by atoms with Crippen molar-refractivity contribution in [2.45, 2.75) is 19.5 Å². The van der Waals surface area contributed by atoms with Gasteiger partial charge < -0.3 is 10.4 Å². The monoisotopic (exact) mass is 249 g/mol. The Morgan fingerprint density at radius 3 is 3.00 bits per heavy atom. The number of hydrogen-bond acceptors (Lipinski definition) is 3. The number of aliphatic hydroxyl groups is 1. The zero-order chi connectivity index (χ0) is 8.97. The van der Waals surface area contributed by atoms with Gasteiger partial charge in [-0.2, -0.15) is 0 Å². The summed E-state index contributed by atoms with van der Waals surface area (Å²) in [5.41, 5.74) is 0. The summed E-state index contributed by atoms with van der Waals surface area (Å²) in [6.07, 6.45) is 0. The van der Waals surface area contributed by atoms with Crippen LogP contribution in [0.1, 0.15) is 11.8 Å². The van der Waals surface area contributed by atoms with E-state index in [1.807, 2.05) is 18.4 Å². The molecule has 1 aromatic rings. The molecule has 68 valence electrons. The Bertz CT molecular complexity index is 239. The van der Waals surface area contributed by atoms with Gasteiger partial charge in [-0.1, -0.05) is 0 Å². The van der Waals surface area contributed by atoms with Crippen LogP contribution < -0.4 is 5.32 Å². The van der Waals surface area contributed by atoms with E-state index in [4.69, 9.17) is 5.11 Å². The molecule has 0 amide bonds. The van der Waals surface area contributed by atoms with Gasteiger partial charge in [0.15, 0.2) is 0 Å². The minimum Gasteiger partial charge on any atom is -0.395 e. The highest BCUT2D eigenvalue weighted by atomic mass is 79.9.